The van der Waals surface area contributed by atoms with Gasteiger partial charge in [-0.25, -0.2) is 0 Å². The lowest BCUT2D eigenvalue weighted by molar-refractivity contribution is -0.143. The second-order valence-electron chi connectivity index (χ2n) is 10.1. The van der Waals surface area contributed by atoms with E-state index in [0.717, 1.165) is 0 Å². The van der Waals surface area contributed by atoms with E-state index in [0.29, 0.717) is 65.4 Å². The molecule has 1 heterocycles. The third-order valence-electron chi connectivity index (χ3n) is 6.90. The second-order valence-corrected chi connectivity index (χ2v) is 11.3. The van der Waals surface area contributed by atoms with Gasteiger partial charge in [0.1, 0.15) is 12.2 Å². The molecule has 1 aliphatic heterocycles. The van der Waals surface area contributed by atoms with Crippen LogP contribution in [0.5, 0.6) is 11.5 Å². The van der Waals surface area contributed by atoms with Crippen molar-refractivity contribution < 1.29 is 43.9 Å². The SMILES string of the molecule is COc1cc(CO)cc(I)c1O[C@H]1C=C(C(=O)NCCO)C[C@@H](N(CCCOC(C)C)C(=O)C2CCOC2)[C@@H]1O. The molecule has 1 unspecified atom stereocenters. The summed E-state index contributed by atoms with van der Waals surface area (Å²) in [5.74, 6) is -0.157. The Kier molecular flexibility index (Phi) is 12.9. The number of aliphatic hydroxyl groups excluding tert-OH is 3. The molecule has 12 heteroatoms. The van der Waals surface area contributed by atoms with Gasteiger partial charge in [-0.2, -0.15) is 0 Å². The van der Waals surface area contributed by atoms with Crippen LogP contribution in [-0.4, -0.2) is 103 Å². The van der Waals surface area contributed by atoms with Crippen LogP contribution in [0.1, 0.15) is 38.7 Å². The highest BCUT2D eigenvalue weighted by Gasteiger charge is 2.42. The number of benzene rings is 1. The van der Waals surface area contributed by atoms with Gasteiger partial charge in [0, 0.05) is 38.3 Å². The molecule has 4 atom stereocenters. The van der Waals surface area contributed by atoms with Gasteiger partial charge in [0.2, 0.25) is 11.8 Å². The number of amides is 2. The zero-order valence-corrected chi connectivity index (χ0v) is 25.5. The Morgan fingerprint density at radius 2 is 2.05 bits per heavy atom. The Labute approximate surface area is 248 Å². The van der Waals surface area contributed by atoms with Crippen LogP contribution in [0.4, 0.5) is 0 Å². The number of methoxy groups -OCH3 is 1. The van der Waals surface area contributed by atoms with E-state index in [4.69, 9.17) is 18.9 Å². The molecule has 0 radical (unpaired) electrons. The van der Waals surface area contributed by atoms with E-state index in [-0.39, 0.29) is 44.1 Å². The third kappa shape index (κ3) is 8.52. The molecule has 1 saturated heterocycles. The zero-order valence-electron chi connectivity index (χ0n) is 23.3. The number of hydrogen-bond donors (Lipinski definition) is 4. The first kappa shape index (κ1) is 32.5. The normalized spacial score (nSPS) is 22.6. The number of rotatable bonds is 14. The molecule has 0 aromatic heterocycles. The molecule has 40 heavy (non-hydrogen) atoms. The lowest BCUT2D eigenvalue weighted by atomic mass is 9.87. The number of carbonyl (C=O) groups is 2. The van der Waals surface area contributed by atoms with E-state index in [1.54, 1.807) is 23.1 Å². The minimum atomic E-state index is -1.16. The molecule has 0 saturated carbocycles. The predicted molar refractivity (Wildman–Crippen MR) is 155 cm³/mol. The van der Waals surface area contributed by atoms with Gasteiger partial charge in [-0.3, -0.25) is 9.59 Å². The first-order valence-corrected chi connectivity index (χ1v) is 14.7. The summed E-state index contributed by atoms with van der Waals surface area (Å²) in [4.78, 5) is 28.4. The van der Waals surface area contributed by atoms with Crippen molar-refractivity contribution >= 4 is 34.4 Å². The fourth-order valence-electron chi connectivity index (χ4n) is 4.85. The summed E-state index contributed by atoms with van der Waals surface area (Å²) in [5, 5.41) is 33.1. The molecule has 1 aromatic rings. The van der Waals surface area contributed by atoms with E-state index in [1.165, 1.54) is 7.11 Å². The summed E-state index contributed by atoms with van der Waals surface area (Å²) in [6.07, 6.45) is 0.712. The number of ether oxygens (including phenoxy) is 4. The second kappa shape index (κ2) is 15.9. The molecule has 1 aromatic carbocycles. The molecular formula is C28H41IN2O9. The Morgan fingerprint density at radius 3 is 2.67 bits per heavy atom. The highest BCUT2D eigenvalue weighted by Crippen LogP contribution is 2.37. The molecule has 0 bridgehead atoms. The van der Waals surface area contributed by atoms with Crippen molar-refractivity contribution in [3.05, 3.63) is 32.9 Å². The molecule has 1 fully saturated rings. The molecular weight excluding hydrogens is 635 g/mol. The molecule has 4 N–H and O–H groups in total. The van der Waals surface area contributed by atoms with Crippen molar-refractivity contribution in [1.82, 2.24) is 10.2 Å². The molecule has 0 spiro atoms. The molecule has 2 amide bonds. The topological polar surface area (TPSA) is 147 Å². The van der Waals surface area contributed by atoms with Crippen LogP contribution in [-0.2, 0) is 25.7 Å². The van der Waals surface area contributed by atoms with Crippen molar-refractivity contribution in [2.45, 2.75) is 64.1 Å². The maximum atomic E-state index is 13.7. The van der Waals surface area contributed by atoms with Crippen LogP contribution in [0.15, 0.2) is 23.8 Å². The molecule has 11 nitrogen and oxygen atoms in total. The van der Waals surface area contributed by atoms with Crippen LogP contribution in [0, 0.1) is 9.49 Å². The average molecular weight is 677 g/mol. The largest absolute Gasteiger partial charge is 0.493 e. The van der Waals surface area contributed by atoms with Crippen LogP contribution >= 0.6 is 22.6 Å². The van der Waals surface area contributed by atoms with E-state index >= 15 is 0 Å². The van der Waals surface area contributed by atoms with Crippen molar-refractivity contribution in [2.75, 3.05) is 46.6 Å². The average Bonchev–Trinajstić information content (AvgIpc) is 3.48. The number of halogens is 1. The van der Waals surface area contributed by atoms with Crippen LogP contribution in [0.2, 0.25) is 0 Å². The van der Waals surface area contributed by atoms with Gasteiger partial charge in [0.15, 0.2) is 11.5 Å². The van der Waals surface area contributed by atoms with Gasteiger partial charge < -0.3 is 44.5 Å². The fraction of sp³-hybridized carbons (Fsp3) is 0.643. The molecule has 2 aliphatic rings. The predicted octanol–water partition coefficient (Wildman–Crippen LogP) is 1.39. The molecule has 3 rings (SSSR count). The van der Waals surface area contributed by atoms with Crippen LogP contribution < -0.4 is 14.8 Å². The summed E-state index contributed by atoms with van der Waals surface area (Å²) in [7, 11) is 1.48. The van der Waals surface area contributed by atoms with Crippen molar-refractivity contribution in [2.24, 2.45) is 5.92 Å². The lowest BCUT2D eigenvalue weighted by Crippen LogP contribution is -2.56. The van der Waals surface area contributed by atoms with Gasteiger partial charge in [-0.1, -0.05) is 0 Å². The maximum absolute atomic E-state index is 13.7. The zero-order chi connectivity index (χ0) is 29.2. The minimum Gasteiger partial charge on any atom is -0.493 e. The van der Waals surface area contributed by atoms with Gasteiger partial charge in [-0.15, -0.1) is 0 Å². The monoisotopic (exact) mass is 676 g/mol. The summed E-state index contributed by atoms with van der Waals surface area (Å²) in [6.45, 7) is 5.12. The standard InChI is InChI=1S/C28H41IN2O9/c1-17(2)39-9-4-7-31(28(36)19-5-10-38-16-19)22-13-20(27(35)30-6-8-32)14-23(25(22)34)40-26-21(29)11-18(15-33)12-24(26)37-3/h11-12,14,17,19,22-23,25,32-34H,4-10,13,15-16H2,1-3H3,(H,30,35)/t19?,22-,23+,25+/m1/s1. The quantitative estimate of drug-likeness (QED) is 0.170. The Bertz CT molecular complexity index is 1030. The Balaban J connectivity index is 1.96. The first-order chi connectivity index (χ1) is 19.2. The summed E-state index contributed by atoms with van der Waals surface area (Å²) >= 11 is 2.06. The highest BCUT2D eigenvalue weighted by molar-refractivity contribution is 14.1. The van der Waals surface area contributed by atoms with Gasteiger partial charge in [0.05, 0.1) is 48.6 Å². The van der Waals surface area contributed by atoms with E-state index in [1.807, 2.05) is 13.8 Å². The smallest absolute Gasteiger partial charge is 0.247 e. The van der Waals surface area contributed by atoms with Gasteiger partial charge in [0.25, 0.3) is 0 Å². The van der Waals surface area contributed by atoms with Crippen LogP contribution in [0.25, 0.3) is 0 Å². The summed E-state index contributed by atoms with van der Waals surface area (Å²) in [5.41, 5.74) is 0.975. The third-order valence-corrected chi connectivity index (χ3v) is 7.70. The number of carbonyl (C=O) groups excluding carboxylic acids is 2. The Morgan fingerprint density at radius 1 is 1.27 bits per heavy atom. The summed E-state index contributed by atoms with van der Waals surface area (Å²) in [6, 6.07) is 2.64. The van der Waals surface area contributed by atoms with Crippen LogP contribution in [0.3, 0.4) is 0 Å². The number of nitrogens with one attached hydrogen (secondary N) is 1. The van der Waals surface area contributed by atoms with Crippen molar-refractivity contribution in [1.29, 1.82) is 0 Å². The number of nitrogens with zero attached hydrogens (tertiary/aromatic N) is 1. The maximum Gasteiger partial charge on any atom is 0.247 e. The number of hydrogen-bond acceptors (Lipinski definition) is 9. The fourth-order valence-corrected chi connectivity index (χ4v) is 5.64. The van der Waals surface area contributed by atoms with Crippen molar-refractivity contribution in [3.63, 3.8) is 0 Å². The van der Waals surface area contributed by atoms with E-state index < -0.39 is 24.2 Å². The molecule has 1 aliphatic carbocycles. The molecule has 224 valence electrons. The first-order valence-electron chi connectivity index (χ1n) is 13.6. The Hall–Kier alpha value is -1.97. The highest BCUT2D eigenvalue weighted by atomic mass is 127. The van der Waals surface area contributed by atoms with E-state index in [2.05, 4.69) is 27.9 Å². The summed E-state index contributed by atoms with van der Waals surface area (Å²) < 4.78 is 23.6. The minimum absolute atomic E-state index is 0.0462. The van der Waals surface area contributed by atoms with Gasteiger partial charge in [-0.05, 0) is 73.1 Å². The van der Waals surface area contributed by atoms with E-state index in [9.17, 15) is 24.9 Å². The lowest BCUT2D eigenvalue weighted by Gasteiger charge is -2.41. The van der Waals surface area contributed by atoms with Crippen molar-refractivity contribution in [3.8, 4) is 11.5 Å². The van der Waals surface area contributed by atoms with Gasteiger partial charge >= 0.3 is 0 Å². The number of aliphatic hydroxyl groups is 3.